The molecule has 0 aliphatic carbocycles. The predicted molar refractivity (Wildman–Crippen MR) is 66.8 cm³/mol. The van der Waals surface area contributed by atoms with Crippen molar-refractivity contribution in [3.05, 3.63) is 12.4 Å². The molecule has 1 N–H and O–H groups in total. The smallest absolute Gasteiger partial charge is 0.205 e. The van der Waals surface area contributed by atoms with E-state index >= 15 is 0 Å². The highest BCUT2D eigenvalue weighted by Gasteiger charge is 2.19. The van der Waals surface area contributed by atoms with Crippen molar-refractivity contribution in [1.29, 1.82) is 0 Å². The van der Waals surface area contributed by atoms with E-state index < -0.39 is 0 Å². The normalized spacial score (nSPS) is 21.4. The Morgan fingerprint density at radius 1 is 1.56 bits per heavy atom. The molecule has 0 unspecified atom stereocenters. The lowest BCUT2D eigenvalue weighted by Crippen LogP contribution is -2.50. The van der Waals surface area contributed by atoms with Gasteiger partial charge >= 0.3 is 0 Å². The third kappa shape index (κ3) is 2.55. The number of aromatic nitrogens is 2. The summed E-state index contributed by atoms with van der Waals surface area (Å²) in [6.45, 7) is 8.72. The van der Waals surface area contributed by atoms with Crippen LogP contribution in [-0.2, 0) is 6.54 Å². The first-order valence-corrected chi connectivity index (χ1v) is 6.30. The summed E-state index contributed by atoms with van der Waals surface area (Å²) in [6.07, 6.45) is 6.47. The first-order chi connectivity index (χ1) is 7.81. The highest BCUT2D eigenvalue weighted by Crippen LogP contribution is 2.14. The number of anilines is 1. The number of nitrogens with zero attached hydrogens (tertiary/aromatic N) is 3. The molecule has 1 atom stereocenters. The molecule has 1 fully saturated rings. The van der Waals surface area contributed by atoms with E-state index in [0.717, 1.165) is 32.1 Å². The predicted octanol–water partition coefficient (Wildman–Crippen LogP) is 1.48. The molecule has 0 aromatic carbocycles. The zero-order valence-electron chi connectivity index (χ0n) is 10.3. The number of imidazole rings is 1. The Kier molecular flexibility index (Phi) is 3.83. The van der Waals surface area contributed by atoms with Crippen LogP contribution < -0.4 is 10.2 Å². The fraction of sp³-hybridized carbons (Fsp3) is 0.750. The van der Waals surface area contributed by atoms with E-state index in [1.54, 1.807) is 0 Å². The van der Waals surface area contributed by atoms with Crippen LogP contribution in [-0.4, -0.2) is 35.2 Å². The summed E-state index contributed by atoms with van der Waals surface area (Å²) in [7, 11) is 0. The van der Waals surface area contributed by atoms with Crippen molar-refractivity contribution >= 4 is 5.95 Å². The fourth-order valence-electron chi connectivity index (χ4n) is 2.20. The lowest BCUT2D eigenvalue weighted by atomic mass is 10.2. The minimum absolute atomic E-state index is 0.560. The van der Waals surface area contributed by atoms with Crippen molar-refractivity contribution in [2.45, 2.75) is 39.3 Å². The molecule has 0 spiro atoms. The van der Waals surface area contributed by atoms with Gasteiger partial charge in [-0.3, -0.25) is 0 Å². The summed E-state index contributed by atoms with van der Waals surface area (Å²) in [5.41, 5.74) is 0. The van der Waals surface area contributed by atoms with Gasteiger partial charge in [0.25, 0.3) is 0 Å². The largest absolute Gasteiger partial charge is 0.339 e. The van der Waals surface area contributed by atoms with Gasteiger partial charge in [0.05, 0.1) is 0 Å². The third-order valence-electron chi connectivity index (χ3n) is 3.10. The molecule has 0 radical (unpaired) electrons. The molecule has 4 nitrogen and oxygen atoms in total. The Balaban J connectivity index is 2.04. The fourth-order valence-corrected chi connectivity index (χ4v) is 2.20. The van der Waals surface area contributed by atoms with Gasteiger partial charge < -0.3 is 14.8 Å². The molecule has 1 aromatic heterocycles. The molecule has 0 saturated carbocycles. The summed E-state index contributed by atoms with van der Waals surface area (Å²) in [5.74, 6) is 1.14. The monoisotopic (exact) mass is 222 g/mol. The van der Waals surface area contributed by atoms with Crippen LogP contribution in [0.25, 0.3) is 0 Å². The molecule has 1 aliphatic heterocycles. The molecule has 0 amide bonds. The highest BCUT2D eigenvalue weighted by atomic mass is 15.3. The lowest BCUT2D eigenvalue weighted by Gasteiger charge is -2.32. The van der Waals surface area contributed by atoms with Crippen molar-refractivity contribution in [2.24, 2.45) is 0 Å². The van der Waals surface area contributed by atoms with Crippen LogP contribution >= 0.6 is 0 Å². The quantitative estimate of drug-likeness (QED) is 0.837. The summed E-state index contributed by atoms with van der Waals surface area (Å²) < 4.78 is 2.28. The van der Waals surface area contributed by atoms with Crippen LogP contribution in [0.1, 0.15) is 26.7 Å². The third-order valence-corrected chi connectivity index (χ3v) is 3.10. The van der Waals surface area contributed by atoms with E-state index in [2.05, 4.69) is 39.8 Å². The van der Waals surface area contributed by atoms with Gasteiger partial charge in [0.2, 0.25) is 5.95 Å². The average molecular weight is 222 g/mol. The number of hydrogen-bond donors (Lipinski definition) is 1. The maximum absolute atomic E-state index is 4.49. The molecule has 0 bridgehead atoms. The van der Waals surface area contributed by atoms with Crippen LogP contribution in [0.15, 0.2) is 12.4 Å². The minimum atomic E-state index is 0.560. The number of hydrogen-bond acceptors (Lipinski definition) is 3. The molecular formula is C12H22N4. The standard InChI is InChI=1S/C12H22N4/c1-3-4-7-15-8-6-14-12(15)16-9-5-13-11(2)10-16/h6,8,11,13H,3-5,7,9-10H2,1-2H3/t11-/m1/s1. The van der Waals surface area contributed by atoms with Crippen LogP contribution in [0, 0.1) is 0 Å². The molecule has 1 saturated heterocycles. The molecule has 1 aliphatic rings. The number of piperazine rings is 1. The van der Waals surface area contributed by atoms with Crippen LogP contribution in [0.3, 0.4) is 0 Å². The van der Waals surface area contributed by atoms with E-state index in [9.17, 15) is 0 Å². The summed E-state index contributed by atoms with van der Waals surface area (Å²) in [4.78, 5) is 6.87. The van der Waals surface area contributed by atoms with Crippen LogP contribution in [0.5, 0.6) is 0 Å². The molecule has 2 heterocycles. The SMILES string of the molecule is CCCCn1ccnc1N1CCN[C@H](C)C1. The second kappa shape index (κ2) is 5.34. The summed E-state index contributed by atoms with van der Waals surface area (Å²) in [5, 5.41) is 3.46. The maximum Gasteiger partial charge on any atom is 0.205 e. The zero-order valence-corrected chi connectivity index (χ0v) is 10.3. The van der Waals surface area contributed by atoms with Gasteiger partial charge in [0.15, 0.2) is 0 Å². The first kappa shape index (κ1) is 11.5. The maximum atomic E-state index is 4.49. The number of nitrogens with one attached hydrogen (secondary N) is 1. The minimum Gasteiger partial charge on any atom is -0.339 e. The molecule has 1 aromatic rings. The molecule has 90 valence electrons. The number of unbranched alkanes of at least 4 members (excludes halogenated alkanes) is 1. The van der Waals surface area contributed by atoms with E-state index in [1.807, 2.05) is 6.20 Å². The summed E-state index contributed by atoms with van der Waals surface area (Å²) in [6, 6.07) is 0.560. The second-order valence-corrected chi connectivity index (χ2v) is 4.58. The Bertz CT molecular complexity index is 321. The van der Waals surface area contributed by atoms with Crippen molar-refractivity contribution in [3.8, 4) is 0 Å². The van der Waals surface area contributed by atoms with E-state index in [4.69, 9.17) is 0 Å². The number of rotatable bonds is 4. The Hall–Kier alpha value is -1.03. The number of aryl methyl sites for hydroxylation is 1. The van der Waals surface area contributed by atoms with Gasteiger partial charge in [-0.05, 0) is 13.3 Å². The van der Waals surface area contributed by atoms with Crippen molar-refractivity contribution in [1.82, 2.24) is 14.9 Å². The Morgan fingerprint density at radius 3 is 3.19 bits per heavy atom. The topological polar surface area (TPSA) is 33.1 Å². The average Bonchev–Trinajstić information content (AvgIpc) is 2.74. The molecule has 16 heavy (non-hydrogen) atoms. The van der Waals surface area contributed by atoms with Gasteiger partial charge in [-0.25, -0.2) is 4.98 Å². The van der Waals surface area contributed by atoms with Crippen LogP contribution in [0.2, 0.25) is 0 Å². The summed E-state index contributed by atoms with van der Waals surface area (Å²) >= 11 is 0. The Morgan fingerprint density at radius 2 is 2.44 bits per heavy atom. The molecule has 4 heteroatoms. The van der Waals surface area contributed by atoms with Crippen molar-refractivity contribution in [2.75, 3.05) is 24.5 Å². The Labute approximate surface area is 97.7 Å². The van der Waals surface area contributed by atoms with E-state index in [-0.39, 0.29) is 0 Å². The van der Waals surface area contributed by atoms with Crippen molar-refractivity contribution < 1.29 is 0 Å². The van der Waals surface area contributed by atoms with E-state index in [0.29, 0.717) is 6.04 Å². The lowest BCUT2D eigenvalue weighted by molar-refractivity contribution is 0.472. The van der Waals surface area contributed by atoms with Crippen LogP contribution in [0.4, 0.5) is 5.95 Å². The molecule has 2 rings (SSSR count). The van der Waals surface area contributed by atoms with Gasteiger partial charge in [-0.2, -0.15) is 0 Å². The zero-order chi connectivity index (χ0) is 11.4. The van der Waals surface area contributed by atoms with Crippen molar-refractivity contribution in [3.63, 3.8) is 0 Å². The first-order valence-electron chi connectivity index (χ1n) is 6.30. The second-order valence-electron chi connectivity index (χ2n) is 4.58. The van der Waals surface area contributed by atoms with Gasteiger partial charge in [0, 0.05) is 44.6 Å². The highest BCUT2D eigenvalue weighted by molar-refractivity contribution is 5.32. The van der Waals surface area contributed by atoms with Gasteiger partial charge in [-0.15, -0.1) is 0 Å². The van der Waals surface area contributed by atoms with E-state index in [1.165, 1.54) is 12.8 Å². The van der Waals surface area contributed by atoms with Gasteiger partial charge in [0.1, 0.15) is 0 Å². The van der Waals surface area contributed by atoms with Gasteiger partial charge in [-0.1, -0.05) is 13.3 Å². The molecular weight excluding hydrogens is 200 g/mol.